The Kier molecular flexibility index (Phi) is 8.84. The van der Waals surface area contributed by atoms with Crippen LogP contribution in [0.2, 0.25) is 0 Å². The molecular formula is C17H27IN6O. The first-order chi connectivity index (χ1) is 11.5. The van der Waals surface area contributed by atoms with E-state index in [0.29, 0.717) is 13.2 Å². The van der Waals surface area contributed by atoms with E-state index in [4.69, 9.17) is 4.74 Å². The molecule has 0 fully saturated rings. The van der Waals surface area contributed by atoms with Gasteiger partial charge in [0.15, 0.2) is 11.8 Å². The normalized spacial score (nSPS) is 12.4. The summed E-state index contributed by atoms with van der Waals surface area (Å²) in [6.07, 6.45) is 1.85. The smallest absolute Gasteiger partial charge is 0.191 e. The summed E-state index contributed by atoms with van der Waals surface area (Å²) in [6.45, 7) is 7.31. The minimum atomic E-state index is 0. The Bertz CT molecular complexity index is 683. The summed E-state index contributed by atoms with van der Waals surface area (Å²) in [6, 6.07) is 6.24. The van der Waals surface area contributed by atoms with E-state index in [0.717, 1.165) is 28.7 Å². The number of nitrogens with one attached hydrogen (secondary N) is 2. The van der Waals surface area contributed by atoms with Gasteiger partial charge in [0.25, 0.3) is 0 Å². The molecule has 0 radical (unpaired) electrons. The van der Waals surface area contributed by atoms with Gasteiger partial charge < -0.3 is 15.4 Å². The molecule has 2 aromatic rings. The maximum absolute atomic E-state index is 5.11. The van der Waals surface area contributed by atoms with Gasteiger partial charge in [-0.15, -0.1) is 24.0 Å². The van der Waals surface area contributed by atoms with Gasteiger partial charge >= 0.3 is 0 Å². The van der Waals surface area contributed by atoms with E-state index < -0.39 is 0 Å². The zero-order valence-corrected chi connectivity index (χ0v) is 17.7. The average molecular weight is 458 g/mol. The van der Waals surface area contributed by atoms with Gasteiger partial charge in [-0.2, -0.15) is 5.10 Å². The van der Waals surface area contributed by atoms with Crippen molar-refractivity contribution in [1.82, 2.24) is 25.4 Å². The highest BCUT2D eigenvalue weighted by atomic mass is 127. The Balaban J connectivity index is 0.00000312. The van der Waals surface area contributed by atoms with Crippen molar-refractivity contribution in [3.63, 3.8) is 0 Å². The summed E-state index contributed by atoms with van der Waals surface area (Å²) >= 11 is 0. The molecule has 0 saturated heterocycles. The highest BCUT2D eigenvalue weighted by molar-refractivity contribution is 14.0. The molecule has 2 N–H and O–H groups in total. The fourth-order valence-corrected chi connectivity index (χ4v) is 2.41. The van der Waals surface area contributed by atoms with Crippen LogP contribution in [0, 0.1) is 13.8 Å². The standard InChI is InChI=1S/C17H26N6O.HI/c1-12-8-14(3)23(22-12)16-7-6-15(9-19-16)10-20-17(18-4)21-13(2)11-24-5;/h6-9,13H,10-11H2,1-5H3,(H2,18,20,21);1H. The Hall–Kier alpha value is -1.68. The number of aryl methyl sites for hydroxylation is 2. The number of methoxy groups -OCH3 is 1. The van der Waals surface area contributed by atoms with E-state index in [1.165, 1.54) is 0 Å². The van der Waals surface area contributed by atoms with E-state index in [9.17, 15) is 0 Å². The lowest BCUT2D eigenvalue weighted by atomic mass is 10.3. The number of aromatic nitrogens is 3. The monoisotopic (exact) mass is 458 g/mol. The quantitative estimate of drug-likeness (QED) is 0.395. The zero-order valence-electron chi connectivity index (χ0n) is 15.4. The third-order valence-electron chi connectivity index (χ3n) is 3.52. The lowest BCUT2D eigenvalue weighted by Crippen LogP contribution is -2.43. The largest absolute Gasteiger partial charge is 0.383 e. The van der Waals surface area contributed by atoms with Crippen molar-refractivity contribution >= 4 is 29.9 Å². The molecule has 25 heavy (non-hydrogen) atoms. The topological polar surface area (TPSA) is 76.4 Å². The SMILES string of the molecule is CN=C(NCc1ccc(-n2nc(C)cc2C)nc1)NC(C)COC.I. The maximum Gasteiger partial charge on any atom is 0.191 e. The van der Waals surface area contributed by atoms with Crippen molar-refractivity contribution in [2.24, 2.45) is 4.99 Å². The Morgan fingerprint density at radius 3 is 2.64 bits per heavy atom. The summed E-state index contributed by atoms with van der Waals surface area (Å²) in [5.74, 6) is 1.56. The van der Waals surface area contributed by atoms with Gasteiger partial charge in [0.05, 0.1) is 12.3 Å². The number of ether oxygens (including phenoxy) is 1. The predicted molar refractivity (Wildman–Crippen MR) is 111 cm³/mol. The number of hydrogen-bond acceptors (Lipinski definition) is 4. The van der Waals surface area contributed by atoms with Crippen LogP contribution in [0.5, 0.6) is 0 Å². The summed E-state index contributed by atoms with van der Waals surface area (Å²) in [5.41, 5.74) is 3.13. The Labute approximate surface area is 166 Å². The van der Waals surface area contributed by atoms with E-state index >= 15 is 0 Å². The van der Waals surface area contributed by atoms with Crippen LogP contribution in [-0.4, -0.2) is 47.5 Å². The molecule has 138 valence electrons. The Morgan fingerprint density at radius 2 is 2.12 bits per heavy atom. The minimum absolute atomic E-state index is 0. The van der Waals surface area contributed by atoms with Crippen LogP contribution in [-0.2, 0) is 11.3 Å². The lowest BCUT2D eigenvalue weighted by Gasteiger charge is -2.17. The van der Waals surface area contributed by atoms with Gasteiger partial charge in [0, 0.05) is 38.6 Å². The van der Waals surface area contributed by atoms with Crippen molar-refractivity contribution in [1.29, 1.82) is 0 Å². The number of rotatable bonds is 6. The van der Waals surface area contributed by atoms with Gasteiger partial charge in [-0.3, -0.25) is 4.99 Å². The van der Waals surface area contributed by atoms with Gasteiger partial charge in [-0.05, 0) is 38.5 Å². The van der Waals surface area contributed by atoms with E-state index in [2.05, 4.69) is 25.7 Å². The molecular weight excluding hydrogens is 431 g/mol. The van der Waals surface area contributed by atoms with Crippen LogP contribution in [0.25, 0.3) is 5.82 Å². The van der Waals surface area contributed by atoms with E-state index in [1.54, 1.807) is 14.2 Å². The number of pyridine rings is 1. The summed E-state index contributed by atoms with van der Waals surface area (Å²) in [7, 11) is 3.43. The Morgan fingerprint density at radius 1 is 1.36 bits per heavy atom. The van der Waals surface area contributed by atoms with E-state index in [-0.39, 0.29) is 30.0 Å². The summed E-state index contributed by atoms with van der Waals surface area (Å²) in [5, 5.41) is 11.0. The molecule has 2 aromatic heterocycles. The molecule has 0 bridgehead atoms. The zero-order chi connectivity index (χ0) is 17.5. The third kappa shape index (κ3) is 6.28. The molecule has 8 heteroatoms. The van der Waals surface area contributed by atoms with Crippen LogP contribution in [0.3, 0.4) is 0 Å². The first-order valence-corrected chi connectivity index (χ1v) is 7.98. The molecule has 2 heterocycles. The van der Waals surface area contributed by atoms with Crippen molar-refractivity contribution in [2.75, 3.05) is 20.8 Å². The number of halogens is 1. The van der Waals surface area contributed by atoms with Crippen LogP contribution in [0.15, 0.2) is 29.4 Å². The lowest BCUT2D eigenvalue weighted by molar-refractivity contribution is 0.179. The van der Waals surface area contributed by atoms with E-state index in [1.807, 2.05) is 49.8 Å². The van der Waals surface area contributed by atoms with Gasteiger partial charge in [-0.1, -0.05) is 6.07 Å². The van der Waals surface area contributed by atoms with Crippen molar-refractivity contribution in [3.8, 4) is 5.82 Å². The van der Waals surface area contributed by atoms with Crippen LogP contribution in [0.4, 0.5) is 0 Å². The molecule has 0 amide bonds. The molecule has 0 aliphatic carbocycles. The highest BCUT2D eigenvalue weighted by Crippen LogP contribution is 2.10. The molecule has 0 aliphatic heterocycles. The molecule has 0 saturated carbocycles. The number of hydrogen-bond donors (Lipinski definition) is 2. The second-order valence-electron chi connectivity index (χ2n) is 5.79. The van der Waals surface area contributed by atoms with Crippen LogP contribution < -0.4 is 10.6 Å². The highest BCUT2D eigenvalue weighted by Gasteiger charge is 2.06. The fraction of sp³-hybridized carbons (Fsp3) is 0.471. The van der Waals surface area contributed by atoms with Gasteiger partial charge in [0.1, 0.15) is 0 Å². The molecule has 0 aromatic carbocycles. The predicted octanol–water partition coefficient (Wildman–Crippen LogP) is 2.20. The molecule has 0 aliphatic rings. The first kappa shape index (κ1) is 21.4. The number of guanidine groups is 1. The molecule has 0 spiro atoms. The summed E-state index contributed by atoms with van der Waals surface area (Å²) in [4.78, 5) is 8.71. The van der Waals surface area contributed by atoms with Crippen LogP contribution in [0.1, 0.15) is 23.9 Å². The number of nitrogens with zero attached hydrogens (tertiary/aromatic N) is 4. The fourth-order valence-electron chi connectivity index (χ4n) is 2.41. The number of aliphatic imine (C=N–C) groups is 1. The third-order valence-corrected chi connectivity index (χ3v) is 3.52. The van der Waals surface area contributed by atoms with Gasteiger partial charge in [-0.25, -0.2) is 9.67 Å². The average Bonchev–Trinajstić information content (AvgIpc) is 2.90. The minimum Gasteiger partial charge on any atom is -0.383 e. The van der Waals surface area contributed by atoms with Crippen LogP contribution >= 0.6 is 24.0 Å². The first-order valence-electron chi connectivity index (χ1n) is 7.98. The molecule has 2 rings (SSSR count). The molecule has 7 nitrogen and oxygen atoms in total. The second kappa shape index (κ2) is 10.3. The molecule has 1 unspecified atom stereocenters. The summed E-state index contributed by atoms with van der Waals surface area (Å²) < 4.78 is 6.96. The van der Waals surface area contributed by atoms with Crippen molar-refractivity contribution in [3.05, 3.63) is 41.3 Å². The molecule has 1 atom stereocenters. The van der Waals surface area contributed by atoms with Gasteiger partial charge in [0.2, 0.25) is 0 Å². The second-order valence-corrected chi connectivity index (χ2v) is 5.79. The van der Waals surface area contributed by atoms with Crippen molar-refractivity contribution < 1.29 is 4.74 Å². The van der Waals surface area contributed by atoms with Crippen molar-refractivity contribution in [2.45, 2.75) is 33.4 Å². The maximum atomic E-state index is 5.11.